The predicted octanol–water partition coefficient (Wildman–Crippen LogP) is 3.96. The minimum atomic E-state index is -0.185. The Morgan fingerprint density at radius 2 is 1.81 bits per heavy atom. The standard InChI is InChI=1S/C19H18BrN3O3/c1-23-19(24)18(20)15(12-22-23)21-11-13-7-9-14(10-8-13)26-17-6-4-3-5-16(17)25-2/h3-10,12,21H,11H2,1-2H3. The maximum atomic E-state index is 11.9. The molecular weight excluding hydrogens is 398 g/mol. The van der Waals surface area contributed by atoms with Crippen LogP contribution in [-0.2, 0) is 13.6 Å². The van der Waals surface area contributed by atoms with E-state index in [2.05, 4.69) is 26.3 Å². The topological polar surface area (TPSA) is 65.4 Å². The van der Waals surface area contributed by atoms with Crippen molar-refractivity contribution in [3.63, 3.8) is 0 Å². The molecule has 0 saturated heterocycles. The van der Waals surface area contributed by atoms with E-state index in [1.807, 2.05) is 48.5 Å². The molecule has 0 bridgehead atoms. The molecule has 0 spiro atoms. The quantitative estimate of drug-likeness (QED) is 0.659. The lowest BCUT2D eigenvalue weighted by molar-refractivity contribution is 0.379. The molecule has 0 radical (unpaired) electrons. The van der Waals surface area contributed by atoms with E-state index in [-0.39, 0.29) is 5.56 Å². The number of aromatic nitrogens is 2. The Morgan fingerprint density at radius 1 is 1.12 bits per heavy atom. The van der Waals surface area contributed by atoms with Crippen molar-refractivity contribution in [3.8, 4) is 17.2 Å². The molecule has 7 heteroatoms. The van der Waals surface area contributed by atoms with Gasteiger partial charge in [0.15, 0.2) is 11.5 Å². The van der Waals surface area contributed by atoms with Crippen LogP contribution in [0.25, 0.3) is 0 Å². The Labute approximate surface area is 159 Å². The van der Waals surface area contributed by atoms with E-state index in [1.54, 1.807) is 20.4 Å². The summed E-state index contributed by atoms with van der Waals surface area (Å²) < 4.78 is 12.9. The van der Waals surface area contributed by atoms with Crippen LogP contribution < -0.4 is 20.3 Å². The van der Waals surface area contributed by atoms with Crippen LogP contribution in [-0.4, -0.2) is 16.9 Å². The molecule has 134 valence electrons. The number of anilines is 1. The maximum absolute atomic E-state index is 11.9. The molecule has 0 fully saturated rings. The van der Waals surface area contributed by atoms with Crippen LogP contribution in [0.1, 0.15) is 5.56 Å². The average molecular weight is 416 g/mol. The number of nitrogens with one attached hydrogen (secondary N) is 1. The highest BCUT2D eigenvalue weighted by atomic mass is 79.9. The lowest BCUT2D eigenvalue weighted by Crippen LogP contribution is -2.21. The fraction of sp³-hybridized carbons (Fsp3) is 0.158. The zero-order valence-electron chi connectivity index (χ0n) is 14.4. The monoisotopic (exact) mass is 415 g/mol. The lowest BCUT2D eigenvalue weighted by atomic mass is 10.2. The molecule has 0 saturated carbocycles. The molecule has 26 heavy (non-hydrogen) atoms. The summed E-state index contributed by atoms with van der Waals surface area (Å²) >= 11 is 3.30. The van der Waals surface area contributed by atoms with Crippen molar-refractivity contribution in [3.05, 3.63) is 75.1 Å². The Kier molecular flexibility index (Phi) is 5.58. The van der Waals surface area contributed by atoms with Crippen LogP contribution in [0, 0.1) is 0 Å². The number of para-hydroxylation sites is 2. The maximum Gasteiger partial charge on any atom is 0.282 e. The number of hydrogen-bond donors (Lipinski definition) is 1. The van der Waals surface area contributed by atoms with Gasteiger partial charge in [-0.2, -0.15) is 5.10 Å². The summed E-state index contributed by atoms with van der Waals surface area (Å²) in [7, 11) is 3.22. The first-order chi connectivity index (χ1) is 12.6. The zero-order valence-corrected chi connectivity index (χ0v) is 16.0. The van der Waals surface area contributed by atoms with Gasteiger partial charge in [0.1, 0.15) is 10.2 Å². The summed E-state index contributed by atoms with van der Waals surface area (Å²) in [5, 5.41) is 7.21. The van der Waals surface area contributed by atoms with Crippen molar-refractivity contribution < 1.29 is 9.47 Å². The largest absolute Gasteiger partial charge is 0.493 e. The minimum absolute atomic E-state index is 0.185. The zero-order chi connectivity index (χ0) is 18.5. The van der Waals surface area contributed by atoms with Gasteiger partial charge < -0.3 is 14.8 Å². The van der Waals surface area contributed by atoms with Crippen molar-refractivity contribution in [2.75, 3.05) is 12.4 Å². The van der Waals surface area contributed by atoms with E-state index < -0.39 is 0 Å². The fourth-order valence-electron chi connectivity index (χ4n) is 2.34. The Balaban J connectivity index is 1.67. The number of halogens is 1. The third kappa shape index (κ3) is 4.05. The molecule has 3 aromatic rings. The molecule has 3 rings (SSSR count). The summed E-state index contributed by atoms with van der Waals surface area (Å²) in [6.45, 7) is 0.558. The summed E-state index contributed by atoms with van der Waals surface area (Å²) in [5.74, 6) is 2.06. The van der Waals surface area contributed by atoms with E-state index in [0.717, 1.165) is 11.3 Å². The Morgan fingerprint density at radius 3 is 2.50 bits per heavy atom. The molecule has 0 aliphatic rings. The molecule has 6 nitrogen and oxygen atoms in total. The van der Waals surface area contributed by atoms with Crippen LogP contribution in [0.3, 0.4) is 0 Å². The summed E-state index contributed by atoms with van der Waals surface area (Å²) in [6.07, 6.45) is 1.62. The summed E-state index contributed by atoms with van der Waals surface area (Å²) in [6, 6.07) is 15.2. The smallest absolute Gasteiger partial charge is 0.282 e. The highest BCUT2D eigenvalue weighted by molar-refractivity contribution is 9.10. The van der Waals surface area contributed by atoms with Crippen LogP contribution in [0.4, 0.5) is 5.69 Å². The van der Waals surface area contributed by atoms with E-state index in [4.69, 9.17) is 9.47 Å². The molecule has 0 aliphatic carbocycles. The molecule has 1 N–H and O–H groups in total. The molecule has 1 aromatic heterocycles. The normalized spacial score (nSPS) is 10.4. The van der Waals surface area contributed by atoms with Gasteiger partial charge in [0, 0.05) is 13.6 Å². The minimum Gasteiger partial charge on any atom is -0.493 e. The van der Waals surface area contributed by atoms with Gasteiger partial charge in [-0.15, -0.1) is 0 Å². The van der Waals surface area contributed by atoms with Gasteiger partial charge >= 0.3 is 0 Å². The predicted molar refractivity (Wildman–Crippen MR) is 104 cm³/mol. The van der Waals surface area contributed by atoms with Gasteiger partial charge in [0.25, 0.3) is 5.56 Å². The first kappa shape index (κ1) is 18.0. The Hall–Kier alpha value is -2.80. The summed E-state index contributed by atoms with van der Waals surface area (Å²) in [4.78, 5) is 11.9. The third-order valence-corrected chi connectivity index (χ3v) is 4.55. The summed E-state index contributed by atoms with van der Waals surface area (Å²) in [5.41, 5.74) is 1.52. The van der Waals surface area contributed by atoms with Gasteiger partial charge in [0.2, 0.25) is 0 Å². The van der Waals surface area contributed by atoms with Crippen LogP contribution in [0.15, 0.2) is 64.0 Å². The fourth-order valence-corrected chi connectivity index (χ4v) is 2.84. The molecule has 0 aliphatic heterocycles. The van der Waals surface area contributed by atoms with Gasteiger partial charge in [-0.1, -0.05) is 24.3 Å². The molecular formula is C19H18BrN3O3. The van der Waals surface area contributed by atoms with Gasteiger partial charge in [-0.3, -0.25) is 4.79 Å². The first-order valence-electron chi connectivity index (χ1n) is 7.94. The second-order valence-corrected chi connectivity index (χ2v) is 6.34. The number of hydrogen-bond acceptors (Lipinski definition) is 5. The number of aryl methyl sites for hydroxylation is 1. The van der Waals surface area contributed by atoms with E-state index >= 15 is 0 Å². The third-order valence-electron chi connectivity index (χ3n) is 3.78. The van der Waals surface area contributed by atoms with Crippen molar-refractivity contribution in [2.45, 2.75) is 6.54 Å². The number of rotatable bonds is 6. The number of methoxy groups -OCH3 is 1. The van der Waals surface area contributed by atoms with Gasteiger partial charge in [0.05, 0.1) is 19.0 Å². The van der Waals surface area contributed by atoms with Gasteiger partial charge in [-0.25, -0.2) is 4.68 Å². The van der Waals surface area contributed by atoms with Crippen LogP contribution in [0.5, 0.6) is 17.2 Å². The van der Waals surface area contributed by atoms with Gasteiger partial charge in [-0.05, 0) is 45.8 Å². The van der Waals surface area contributed by atoms with Crippen LogP contribution in [0.2, 0.25) is 0 Å². The van der Waals surface area contributed by atoms with Crippen molar-refractivity contribution >= 4 is 21.6 Å². The highest BCUT2D eigenvalue weighted by Crippen LogP contribution is 2.31. The molecule has 0 atom stereocenters. The first-order valence-corrected chi connectivity index (χ1v) is 8.73. The van der Waals surface area contributed by atoms with Crippen molar-refractivity contribution in [1.82, 2.24) is 9.78 Å². The Bertz CT molecular complexity index is 955. The van der Waals surface area contributed by atoms with Crippen molar-refractivity contribution in [1.29, 1.82) is 0 Å². The SMILES string of the molecule is COc1ccccc1Oc1ccc(CNc2cnn(C)c(=O)c2Br)cc1. The molecule has 0 amide bonds. The second-order valence-electron chi connectivity index (χ2n) is 5.55. The van der Waals surface area contributed by atoms with E-state index in [0.29, 0.717) is 28.2 Å². The van der Waals surface area contributed by atoms with E-state index in [9.17, 15) is 4.79 Å². The second kappa shape index (κ2) is 8.05. The number of ether oxygens (including phenoxy) is 2. The number of benzene rings is 2. The lowest BCUT2D eigenvalue weighted by Gasteiger charge is -2.11. The van der Waals surface area contributed by atoms with Crippen molar-refractivity contribution in [2.24, 2.45) is 7.05 Å². The molecule has 2 aromatic carbocycles. The average Bonchev–Trinajstić information content (AvgIpc) is 2.67. The number of nitrogens with zero attached hydrogens (tertiary/aromatic N) is 2. The van der Waals surface area contributed by atoms with Crippen LogP contribution >= 0.6 is 15.9 Å². The molecule has 1 heterocycles. The van der Waals surface area contributed by atoms with E-state index in [1.165, 1.54) is 4.68 Å². The molecule has 0 unspecified atom stereocenters. The highest BCUT2D eigenvalue weighted by Gasteiger charge is 2.07.